The monoisotopic (exact) mass is 670 g/mol. The zero-order valence-corrected chi connectivity index (χ0v) is 26.5. The molecule has 0 unspecified atom stereocenters. The number of furan rings is 1. The molecule has 1 atom stereocenters. The standard InChI is InChI=1S/C29H27BrN4O6S2/c1-5-8-20-23(26(36)39-6-2)24(18-13-16(37-3)9-10-21(18)38-4)34-25(35)22(41-29(34)33-20)15-17-14-19(30)27(40-17)42-28-31-11-7-12-32-28/h7,9-15,24H,5-6,8H2,1-4H3/b22-15-/t24-/m1/s1. The average molecular weight is 672 g/mol. The second-order valence-electron chi connectivity index (χ2n) is 8.94. The molecule has 3 aromatic heterocycles. The van der Waals surface area contributed by atoms with Crippen LogP contribution in [0.4, 0.5) is 0 Å². The third-order valence-electron chi connectivity index (χ3n) is 6.30. The van der Waals surface area contributed by atoms with Gasteiger partial charge in [-0.2, -0.15) is 0 Å². The number of nitrogens with zero attached hydrogens (tertiary/aromatic N) is 4. The minimum Gasteiger partial charge on any atom is -0.497 e. The van der Waals surface area contributed by atoms with Crippen LogP contribution >= 0.6 is 39.0 Å². The largest absolute Gasteiger partial charge is 0.497 e. The van der Waals surface area contributed by atoms with Crippen LogP contribution in [-0.4, -0.2) is 41.3 Å². The molecule has 5 rings (SSSR count). The first kappa shape index (κ1) is 29.8. The normalized spacial score (nSPS) is 14.9. The van der Waals surface area contributed by atoms with Crippen LogP contribution in [0.3, 0.4) is 0 Å². The van der Waals surface area contributed by atoms with Crippen molar-refractivity contribution in [3.63, 3.8) is 0 Å². The molecular weight excluding hydrogens is 644 g/mol. The third kappa shape index (κ3) is 5.94. The lowest BCUT2D eigenvalue weighted by molar-refractivity contribution is -0.139. The Bertz CT molecular complexity index is 1830. The van der Waals surface area contributed by atoms with Crippen molar-refractivity contribution in [2.24, 2.45) is 4.99 Å². The molecule has 0 N–H and O–H groups in total. The smallest absolute Gasteiger partial charge is 0.338 e. The van der Waals surface area contributed by atoms with Crippen molar-refractivity contribution in [1.29, 1.82) is 0 Å². The minimum atomic E-state index is -0.848. The SMILES string of the molecule is CCCC1=C(C(=O)OCC)[C@@H](c2cc(OC)ccc2OC)n2c(s/c(=C\c3cc(Br)c(Sc4ncccn4)o3)c2=O)=N1. The topological polar surface area (TPSA) is 118 Å². The van der Waals surface area contributed by atoms with E-state index < -0.39 is 12.0 Å². The maximum absolute atomic E-state index is 14.1. The van der Waals surface area contributed by atoms with Crippen molar-refractivity contribution < 1.29 is 23.4 Å². The predicted octanol–water partition coefficient (Wildman–Crippen LogP) is 4.89. The van der Waals surface area contributed by atoms with E-state index >= 15 is 0 Å². The van der Waals surface area contributed by atoms with Gasteiger partial charge in [-0.15, -0.1) is 0 Å². The molecule has 0 saturated carbocycles. The molecule has 10 nitrogen and oxygen atoms in total. The molecule has 0 radical (unpaired) electrons. The van der Waals surface area contributed by atoms with Crippen molar-refractivity contribution in [3.05, 3.63) is 89.5 Å². The van der Waals surface area contributed by atoms with Gasteiger partial charge in [0.1, 0.15) is 23.3 Å². The zero-order valence-electron chi connectivity index (χ0n) is 23.3. The van der Waals surface area contributed by atoms with E-state index in [1.165, 1.54) is 27.7 Å². The number of methoxy groups -OCH3 is 2. The molecule has 0 spiro atoms. The van der Waals surface area contributed by atoms with Crippen LogP contribution in [0.5, 0.6) is 11.5 Å². The van der Waals surface area contributed by atoms with Crippen LogP contribution < -0.4 is 24.4 Å². The van der Waals surface area contributed by atoms with Gasteiger partial charge in [-0.25, -0.2) is 19.8 Å². The number of thiazole rings is 1. The number of esters is 1. The summed E-state index contributed by atoms with van der Waals surface area (Å²) in [5.41, 5.74) is 1.12. The lowest BCUT2D eigenvalue weighted by atomic mass is 9.93. The van der Waals surface area contributed by atoms with Crippen molar-refractivity contribution >= 4 is 51.1 Å². The quantitative estimate of drug-likeness (QED) is 0.172. The summed E-state index contributed by atoms with van der Waals surface area (Å²) in [4.78, 5) is 41.3. The van der Waals surface area contributed by atoms with Gasteiger partial charge in [0.05, 0.1) is 41.1 Å². The highest BCUT2D eigenvalue weighted by molar-refractivity contribution is 9.10. The van der Waals surface area contributed by atoms with E-state index in [9.17, 15) is 9.59 Å². The van der Waals surface area contributed by atoms with Crippen LogP contribution in [0, 0.1) is 0 Å². The van der Waals surface area contributed by atoms with Gasteiger partial charge in [0.2, 0.25) is 0 Å². The Kier molecular flexibility index (Phi) is 9.29. The Hall–Kier alpha value is -3.68. The number of rotatable bonds is 10. The van der Waals surface area contributed by atoms with E-state index in [0.29, 0.717) is 64.6 Å². The fourth-order valence-electron chi connectivity index (χ4n) is 4.53. The fraction of sp³-hybridized carbons (Fsp3) is 0.276. The molecule has 0 aliphatic carbocycles. The Morgan fingerprint density at radius 2 is 1.98 bits per heavy atom. The summed E-state index contributed by atoms with van der Waals surface area (Å²) in [5.74, 6) is 0.973. The molecule has 218 valence electrons. The Morgan fingerprint density at radius 3 is 2.67 bits per heavy atom. The molecule has 1 aromatic carbocycles. The predicted molar refractivity (Wildman–Crippen MR) is 162 cm³/mol. The number of halogens is 1. The summed E-state index contributed by atoms with van der Waals surface area (Å²) in [6.45, 7) is 3.93. The summed E-state index contributed by atoms with van der Waals surface area (Å²) in [6.07, 6.45) is 6.23. The van der Waals surface area contributed by atoms with Gasteiger partial charge in [-0.05, 0) is 71.4 Å². The summed E-state index contributed by atoms with van der Waals surface area (Å²) in [7, 11) is 3.10. The summed E-state index contributed by atoms with van der Waals surface area (Å²) in [6, 6.07) is 7.95. The summed E-state index contributed by atoms with van der Waals surface area (Å²) >= 11 is 6.00. The Labute approximate surface area is 257 Å². The van der Waals surface area contributed by atoms with E-state index in [-0.39, 0.29) is 12.2 Å². The third-order valence-corrected chi connectivity index (χ3v) is 9.01. The van der Waals surface area contributed by atoms with Crippen molar-refractivity contribution in [2.45, 2.75) is 43.0 Å². The van der Waals surface area contributed by atoms with Crippen LogP contribution in [0.2, 0.25) is 0 Å². The number of aromatic nitrogens is 3. The Morgan fingerprint density at radius 1 is 1.19 bits per heavy atom. The summed E-state index contributed by atoms with van der Waals surface area (Å²) in [5, 5.41) is 1.08. The van der Waals surface area contributed by atoms with E-state index in [1.807, 2.05) is 6.92 Å². The highest BCUT2D eigenvalue weighted by Gasteiger charge is 2.36. The number of carbonyl (C=O) groups is 1. The lowest BCUT2D eigenvalue weighted by Crippen LogP contribution is -2.40. The van der Waals surface area contributed by atoms with Crippen molar-refractivity contribution in [2.75, 3.05) is 20.8 Å². The molecule has 0 fully saturated rings. The Balaban J connectivity index is 1.70. The van der Waals surface area contributed by atoms with Gasteiger partial charge in [-0.3, -0.25) is 9.36 Å². The molecule has 4 heterocycles. The molecule has 0 bridgehead atoms. The second-order valence-corrected chi connectivity index (χ2v) is 11.7. The van der Waals surface area contributed by atoms with Crippen LogP contribution in [0.15, 0.2) is 82.9 Å². The molecule has 42 heavy (non-hydrogen) atoms. The van der Waals surface area contributed by atoms with E-state index in [1.54, 1.807) is 69.9 Å². The van der Waals surface area contributed by atoms with Crippen LogP contribution in [0.1, 0.15) is 44.1 Å². The highest BCUT2D eigenvalue weighted by atomic mass is 79.9. The minimum absolute atomic E-state index is 0.176. The molecule has 1 aliphatic rings. The maximum atomic E-state index is 14.1. The number of hydrogen-bond acceptors (Lipinski definition) is 11. The lowest BCUT2D eigenvalue weighted by Gasteiger charge is -2.27. The number of fused-ring (bicyclic) bond motifs is 1. The number of hydrogen-bond donors (Lipinski definition) is 0. The summed E-state index contributed by atoms with van der Waals surface area (Å²) < 4.78 is 25.3. The highest BCUT2D eigenvalue weighted by Crippen LogP contribution is 2.39. The molecular formula is C29H27BrN4O6S2. The van der Waals surface area contributed by atoms with Crippen LogP contribution in [-0.2, 0) is 9.53 Å². The van der Waals surface area contributed by atoms with Gasteiger partial charge < -0.3 is 18.6 Å². The second kappa shape index (κ2) is 13.1. The first-order valence-corrected chi connectivity index (χ1v) is 15.5. The van der Waals surface area contributed by atoms with E-state index in [0.717, 1.165) is 6.42 Å². The maximum Gasteiger partial charge on any atom is 0.338 e. The average Bonchev–Trinajstić information content (AvgIpc) is 3.49. The number of benzene rings is 1. The number of allylic oxidation sites excluding steroid dienone is 1. The molecule has 13 heteroatoms. The van der Waals surface area contributed by atoms with E-state index in [2.05, 4.69) is 25.9 Å². The van der Waals surface area contributed by atoms with Gasteiger partial charge in [0.15, 0.2) is 15.1 Å². The van der Waals surface area contributed by atoms with Crippen LogP contribution in [0.25, 0.3) is 6.08 Å². The van der Waals surface area contributed by atoms with Gasteiger partial charge in [0, 0.05) is 24.0 Å². The zero-order chi connectivity index (χ0) is 29.8. The first-order valence-electron chi connectivity index (χ1n) is 13.1. The molecule has 0 amide bonds. The fourth-order valence-corrected chi connectivity index (χ4v) is 6.76. The number of carbonyl (C=O) groups excluding carboxylic acids is 1. The number of ether oxygens (including phenoxy) is 3. The first-order chi connectivity index (χ1) is 20.4. The van der Waals surface area contributed by atoms with Gasteiger partial charge in [-0.1, -0.05) is 24.7 Å². The van der Waals surface area contributed by atoms with Crippen molar-refractivity contribution in [3.8, 4) is 11.5 Å². The van der Waals surface area contributed by atoms with E-state index in [4.69, 9.17) is 23.6 Å². The van der Waals surface area contributed by atoms with Crippen molar-refractivity contribution in [1.82, 2.24) is 14.5 Å². The van der Waals surface area contributed by atoms with Gasteiger partial charge in [0.25, 0.3) is 5.56 Å². The molecule has 0 saturated heterocycles. The molecule has 4 aromatic rings. The van der Waals surface area contributed by atoms with Gasteiger partial charge >= 0.3 is 5.97 Å². The molecule has 1 aliphatic heterocycles.